The van der Waals surface area contributed by atoms with Crippen LogP contribution in [0.3, 0.4) is 0 Å². The number of oxazole rings is 1. The van der Waals surface area contributed by atoms with Crippen LogP contribution in [0.15, 0.2) is 51.7 Å². The maximum atomic E-state index is 13.1. The second kappa shape index (κ2) is 7.78. The van der Waals surface area contributed by atoms with Gasteiger partial charge in [-0.25, -0.2) is 9.37 Å². The van der Waals surface area contributed by atoms with Crippen molar-refractivity contribution >= 4 is 21.9 Å². The normalized spacial score (nSPS) is 12.0. The van der Waals surface area contributed by atoms with Crippen molar-refractivity contribution in [2.45, 2.75) is 13.3 Å². The Morgan fingerprint density at radius 1 is 1.23 bits per heavy atom. The first-order valence-corrected chi connectivity index (χ1v) is 8.72. The summed E-state index contributed by atoms with van der Waals surface area (Å²) >= 11 is 3.36. The minimum atomic E-state index is -0.319. The monoisotopic (exact) mass is 418 g/mol. The molecule has 1 unspecified atom stereocenters. The van der Waals surface area contributed by atoms with Crippen LogP contribution in [-0.4, -0.2) is 23.0 Å². The molecule has 0 fully saturated rings. The lowest BCUT2D eigenvalue weighted by Crippen LogP contribution is -2.15. The smallest absolute Gasteiger partial charge is 0.308 e. The molecule has 3 aromatic rings. The molecule has 0 bridgehead atoms. The van der Waals surface area contributed by atoms with E-state index in [1.165, 1.54) is 19.2 Å². The van der Waals surface area contributed by atoms with Crippen LogP contribution < -0.4 is 0 Å². The largest absolute Gasteiger partial charge is 0.469 e. The number of carbonyl (C=O) groups excluding carboxylic acids is 1. The van der Waals surface area contributed by atoms with Crippen molar-refractivity contribution < 1.29 is 18.3 Å². The van der Waals surface area contributed by atoms with Crippen LogP contribution in [0.1, 0.15) is 12.6 Å². The summed E-state index contributed by atoms with van der Waals surface area (Å²) in [7, 11) is 1.37. The minimum absolute atomic E-state index is 0.262. The SMILES string of the molecule is COC(=O)C(C)Cc1ccc(-c2nc(-c3ccc(F)cc3)oc2Br)cn1. The summed E-state index contributed by atoms with van der Waals surface area (Å²) in [6, 6.07) is 9.62. The van der Waals surface area contributed by atoms with Gasteiger partial charge in [0.1, 0.15) is 11.5 Å². The van der Waals surface area contributed by atoms with E-state index in [4.69, 9.17) is 9.15 Å². The number of methoxy groups -OCH3 is 1. The number of aromatic nitrogens is 2. The minimum Gasteiger partial charge on any atom is -0.469 e. The van der Waals surface area contributed by atoms with Crippen LogP contribution in [0.25, 0.3) is 22.7 Å². The Kier molecular flexibility index (Phi) is 5.46. The van der Waals surface area contributed by atoms with Crippen LogP contribution in [0.4, 0.5) is 4.39 Å². The first-order valence-electron chi connectivity index (χ1n) is 7.93. The van der Waals surface area contributed by atoms with Crippen molar-refractivity contribution in [2.24, 2.45) is 5.92 Å². The fraction of sp³-hybridized carbons (Fsp3) is 0.211. The van der Waals surface area contributed by atoms with E-state index in [0.717, 1.165) is 11.3 Å². The second-order valence-electron chi connectivity index (χ2n) is 5.81. The molecule has 0 saturated heterocycles. The summed E-state index contributed by atoms with van der Waals surface area (Å²) in [5.74, 6) is -0.461. The number of hydrogen-bond donors (Lipinski definition) is 0. The molecule has 0 aliphatic carbocycles. The molecule has 5 nitrogen and oxygen atoms in total. The Labute approximate surface area is 158 Å². The summed E-state index contributed by atoms with van der Waals surface area (Å²) in [5.41, 5.74) is 2.83. The standard InChI is InChI=1S/C19H16BrFN2O3/c1-11(19(24)25-2)9-15-8-5-13(10-22-15)16-17(20)26-18(23-16)12-3-6-14(21)7-4-12/h3-8,10-11H,9H2,1-2H3. The topological polar surface area (TPSA) is 65.2 Å². The molecule has 1 atom stereocenters. The van der Waals surface area contributed by atoms with E-state index in [1.807, 2.05) is 12.1 Å². The Hall–Kier alpha value is -2.54. The number of hydrogen-bond acceptors (Lipinski definition) is 5. The molecular formula is C19H16BrFN2O3. The van der Waals surface area contributed by atoms with E-state index in [2.05, 4.69) is 25.9 Å². The Balaban J connectivity index is 1.81. The van der Waals surface area contributed by atoms with Gasteiger partial charge in [-0.2, -0.15) is 0 Å². The highest BCUT2D eigenvalue weighted by Crippen LogP contribution is 2.32. The van der Waals surface area contributed by atoms with Crippen molar-refractivity contribution in [3.8, 4) is 22.7 Å². The Morgan fingerprint density at radius 3 is 2.54 bits per heavy atom. The second-order valence-corrected chi connectivity index (χ2v) is 6.54. The lowest BCUT2D eigenvalue weighted by atomic mass is 10.0. The first kappa shape index (κ1) is 18.3. The van der Waals surface area contributed by atoms with Crippen molar-refractivity contribution in [3.63, 3.8) is 0 Å². The molecule has 0 saturated carbocycles. The van der Waals surface area contributed by atoms with E-state index in [9.17, 15) is 9.18 Å². The highest BCUT2D eigenvalue weighted by molar-refractivity contribution is 9.10. The molecular weight excluding hydrogens is 403 g/mol. The highest BCUT2D eigenvalue weighted by Gasteiger charge is 2.17. The van der Waals surface area contributed by atoms with Crippen molar-refractivity contribution in [2.75, 3.05) is 7.11 Å². The Morgan fingerprint density at radius 2 is 1.92 bits per heavy atom. The molecule has 0 aliphatic rings. The average Bonchev–Trinajstić information content (AvgIpc) is 3.04. The van der Waals surface area contributed by atoms with Gasteiger partial charge in [0, 0.05) is 29.4 Å². The van der Waals surface area contributed by atoms with Crippen LogP contribution >= 0.6 is 15.9 Å². The summed E-state index contributed by atoms with van der Waals surface area (Å²) in [6.45, 7) is 1.80. The number of nitrogens with zero attached hydrogens (tertiary/aromatic N) is 2. The molecule has 0 spiro atoms. The molecule has 1 aromatic carbocycles. The molecule has 0 aliphatic heterocycles. The van der Waals surface area contributed by atoms with Crippen molar-refractivity contribution in [3.05, 3.63) is 58.8 Å². The molecule has 2 heterocycles. The maximum Gasteiger partial charge on any atom is 0.308 e. The van der Waals surface area contributed by atoms with E-state index < -0.39 is 0 Å². The van der Waals surface area contributed by atoms with Gasteiger partial charge < -0.3 is 9.15 Å². The summed E-state index contributed by atoms with van der Waals surface area (Å²) in [6.07, 6.45) is 2.17. The number of carbonyl (C=O) groups is 1. The number of halogens is 2. The number of rotatable bonds is 5. The van der Waals surface area contributed by atoms with Crippen LogP contribution in [0.2, 0.25) is 0 Å². The quantitative estimate of drug-likeness (QED) is 0.563. The van der Waals surface area contributed by atoms with E-state index in [-0.39, 0.29) is 17.7 Å². The first-order chi connectivity index (χ1) is 12.5. The van der Waals surface area contributed by atoms with Gasteiger partial charge in [0.25, 0.3) is 0 Å². The van der Waals surface area contributed by atoms with Gasteiger partial charge in [-0.15, -0.1) is 0 Å². The van der Waals surface area contributed by atoms with Crippen LogP contribution in [-0.2, 0) is 16.0 Å². The van der Waals surface area contributed by atoms with E-state index in [0.29, 0.717) is 28.2 Å². The summed E-state index contributed by atoms with van der Waals surface area (Å²) in [4.78, 5) is 20.4. The van der Waals surface area contributed by atoms with Gasteiger partial charge in [0.05, 0.1) is 13.0 Å². The maximum absolute atomic E-state index is 13.1. The van der Waals surface area contributed by atoms with Gasteiger partial charge in [0.2, 0.25) is 5.89 Å². The van der Waals surface area contributed by atoms with Gasteiger partial charge in [-0.1, -0.05) is 6.92 Å². The van der Waals surface area contributed by atoms with Crippen molar-refractivity contribution in [1.29, 1.82) is 0 Å². The van der Waals surface area contributed by atoms with Gasteiger partial charge in [-0.05, 0) is 52.3 Å². The van der Waals surface area contributed by atoms with E-state index in [1.54, 1.807) is 25.3 Å². The lowest BCUT2D eigenvalue weighted by molar-refractivity contribution is -0.144. The predicted molar refractivity (Wildman–Crippen MR) is 97.7 cm³/mol. The molecule has 134 valence electrons. The summed E-state index contributed by atoms with van der Waals surface area (Å²) in [5, 5.41) is 0. The van der Waals surface area contributed by atoms with E-state index >= 15 is 0 Å². The third-order valence-electron chi connectivity index (χ3n) is 3.89. The molecule has 0 N–H and O–H groups in total. The lowest BCUT2D eigenvalue weighted by Gasteiger charge is -2.08. The molecule has 26 heavy (non-hydrogen) atoms. The Bertz CT molecular complexity index is 908. The zero-order valence-corrected chi connectivity index (χ0v) is 15.8. The molecule has 7 heteroatoms. The molecule has 3 rings (SSSR count). The third kappa shape index (κ3) is 3.99. The zero-order valence-electron chi connectivity index (χ0n) is 14.2. The average molecular weight is 419 g/mol. The fourth-order valence-corrected chi connectivity index (χ4v) is 2.95. The number of ether oxygens (including phenoxy) is 1. The van der Waals surface area contributed by atoms with Crippen LogP contribution in [0, 0.1) is 11.7 Å². The fourth-order valence-electron chi connectivity index (χ4n) is 2.48. The van der Waals surface area contributed by atoms with Gasteiger partial charge in [-0.3, -0.25) is 9.78 Å². The van der Waals surface area contributed by atoms with Crippen molar-refractivity contribution in [1.82, 2.24) is 9.97 Å². The third-order valence-corrected chi connectivity index (χ3v) is 4.43. The molecule has 2 aromatic heterocycles. The van der Waals surface area contributed by atoms with Gasteiger partial charge in [0.15, 0.2) is 4.67 Å². The number of benzene rings is 1. The molecule has 0 radical (unpaired) electrons. The predicted octanol–water partition coefficient (Wildman–Crippen LogP) is 4.66. The highest BCUT2D eigenvalue weighted by atomic mass is 79.9. The molecule has 0 amide bonds. The van der Waals surface area contributed by atoms with Crippen LogP contribution in [0.5, 0.6) is 0 Å². The van der Waals surface area contributed by atoms with Gasteiger partial charge >= 0.3 is 5.97 Å². The zero-order chi connectivity index (χ0) is 18.7. The number of pyridine rings is 1. The summed E-state index contributed by atoms with van der Waals surface area (Å²) < 4.78 is 23.9. The number of esters is 1.